The van der Waals surface area contributed by atoms with E-state index in [0.717, 1.165) is 25.9 Å². The molecule has 26 heavy (non-hydrogen) atoms. The number of nitrogens with one attached hydrogen (secondary N) is 1. The maximum atomic E-state index is 12.2. The first kappa shape index (κ1) is 18.8. The second-order valence-corrected chi connectivity index (χ2v) is 6.84. The smallest absolute Gasteiger partial charge is 0.273 e. The summed E-state index contributed by atoms with van der Waals surface area (Å²) in [6.45, 7) is 2.14. The van der Waals surface area contributed by atoms with Gasteiger partial charge < -0.3 is 20.1 Å². The summed E-state index contributed by atoms with van der Waals surface area (Å²) in [7, 11) is 0. The minimum atomic E-state index is -0.904. The number of amides is 1. The van der Waals surface area contributed by atoms with E-state index in [2.05, 4.69) is 15.4 Å². The number of hydrogen-bond donors (Lipinski definition) is 3. The molecule has 0 bridgehead atoms. The number of aliphatic hydroxyl groups excluding tert-OH is 2. The van der Waals surface area contributed by atoms with Crippen LogP contribution in [0.4, 0.5) is 0 Å². The molecule has 2 heterocycles. The van der Waals surface area contributed by atoms with Crippen molar-refractivity contribution in [1.82, 2.24) is 15.4 Å². The van der Waals surface area contributed by atoms with Crippen LogP contribution in [0.3, 0.4) is 0 Å². The third-order valence-corrected chi connectivity index (χ3v) is 4.79. The average Bonchev–Trinajstić information content (AvgIpc) is 3.10. The van der Waals surface area contributed by atoms with Crippen molar-refractivity contribution >= 4 is 17.5 Å². The Morgan fingerprint density at radius 3 is 2.85 bits per heavy atom. The molecule has 1 atom stereocenters. The number of aliphatic hydroxyl groups is 2. The molecule has 1 amide bonds. The lowest BCUT2D eigenvalue weighted by Crippen LogP contribution is -2.35. The standard InChI is InChI=1S/C18H22ClN3O4/c19-15-4-2-1-3-14(15)17(24)10-20-18(25)16-9-13(26-21-16)11-22-7-5-12(23)6-8-22/h1-4,9,12,17,23-24H,5-8,10-11H2,(H,20,25)/t17-/m1/s1. The number of benzene rings is 1. The van der Waals surface area contributed by atoms with E-state index in [1.54, 1.807) is 30.3 Å². The Labute approximate surface area is 156 Å². The number of nitrogens with zero attached hydrogens (tertiary/aromatic N) is 2. The maximum absolute atomic E-state index is 12.2. The Morgan fingerprint density at radius 1 is 1.38 bits per heavy atom. The van der Waals surface area contributed by atoms with Gasteiger partial charge >= 0.3 is 0 Å². The van der Waals surface area contributed by atoms with Gasteiger partial charge in [0.15, 0.2) is 11.5 Å². The number of piperidine rings is 1. The second-order valence-electron chi connectivity index (χ2n) is 6.43. The summed E-state index contributed by atoms with van der Waals surface area (Å²) < 4.78 is 5.23. The summed E-state index contributed by atoms with van der Waals surface area (Å²) in [6.07, 6.45) is 0.341. The summed E-state index contributed by atoms with van der Waals surface area (Å²) in [5.41, 5.74) is 0.728. The van der Waals surface area contributed by atoms with Gasteiger partial charge in [0, 0.05) is 36.3 Å². The first-order valence-corrected chi connectivity index (χ1v) is 8.97. The van der Waals surface area contributed by atoms with Crippen LogP contribution in [-0.4, -0.2) is 51.9 Å². The molecule has 1 aromatic heterocycles. The molecule has 1 aliphatic rings. The molecule has 0 saturated carbocycles. The van der Waals surface area contributed by atoms with Crippen LogP contribution in [0.1, 0.15) is 40.8 Å². The number of halogens is 1. The zero-order chi connectivity index (χ0) is 18.5. The molecule has 2 aromatic rings. The first-order valence-electron chi connectivity index (χ1n) is 8.59. The molecular formula is C18H22ClN3O4. The summed E-state index contributed by atoms with van der Waals surface area (Å²) in [6, 6.07) is 8.55. The number of carbonyl (C=O) groups is 1. The molecule has 1 saturated heterocycles. The fraction of sp³-hybridized carbons (Fsp3) is 0.444. The van der Waals surface area contributed by atoms with Crippen LogP contribution >= 0.6 is 11.6 Å². The number of carbonyl (C=O) groups excluding carboxylic acids is 1. The van der Waals surface area contributed by atoms with Crippen molar-refractivity contribution in [2.75, 3.05) is 19.6 Å². The highest BCUT2D eigenvalue weighted by molar-refractivity contribution is 6.31. The number of aromatic nitrogens is 1. The van der Waals surface area contributed by atoms with Crippen LogP contribution in [0.15, 0.2) is 34.9 Å². The molecule has 3 rings (SSSR count). The zero-order valence-corrected chi connectivity index (χ0v) is 15.0. The number of hydrogen-bond acceptors (Lipinski definition) is 6. The van der Waals surface area contributed by atoms with Crippen LogP contribution < -0.4 is 5.32 Å². The highest BCUT2D eigenvalue weighted by Gasteiger charge is 2.20. The van der Waals surface area contributed by atoms with Gasteiger partial charge in [0.25, 0.3) is 5.91 Å². The monoisotopic (exact) mass is 379 g/mol. The van der Waals surface area contributed by atoms with Crippen molar-refractivity contribution in [1.29, 1.82) is 0 Å². The van der Waals surface area contributed by atoms with Gasteiger partial charge in [-0.05, 0) is 18.9 Å². The third kappa shape index (κ3) is 4.82. The maximum Gasteiger partial charge on any atom is 0.273 e. The number of likely N-dealkylation sites (tertiary alicyclic amines) is 1. The largest absolute Gasteiger partial charge is 0.393 e. The molecule has 0 aliphatic carbocycles. The summed E-state index contributed by atoms with van der Waals surface area (Å²) >= 11 is 6.04. The molecule has 0 unspecified atom stereocenters. The van der Waals surface area contributed by atoms with Crippen molar-refractivity contribution in [3.8, 4) is 0 Å². The zero-order valence-electron chi connectivity index (χ0n) is 14.3. The molecular weight excluding hydrogens is 358 g/mol. The fourth-order valence-corrected chi connectivity index (χ4v) is 3.19. The fourth-order valence-electron chi connectivity index (χ4n) is 2.93. The molecule has 1 aliphatic heterocycles. The Hall–Kier alpha value is -1.93. The van der Waals surface area contributed by atoms with Crippen LogP contribution in [0.2, 0.25) is 5.02 Å². The van der Waals surface area contributed by atoms with Crippen molar-refractivity contribution in [2.45, 2.75) is 31.6 Å². The second kappa shape index (κ2) is 8.64. The predicted molar refractivity (Wildman–Crippen MR) is 95.8 cm³/mol. The first-order chi connectivity index (χ1) is 12.5. The van der Waals surface area contributed by atoms with Crippen LogP contribution in [0.25, 0.3) is 0 Å². The third-order valence-electron chi connectivity index (χ3n) is 4.45. The van der Waals surface area contributed by atoms with Crippen LogP contribution in [0.5, 0.6) is 0 Å². The van der Waals surface area contributed by atoms with Crippen molar-refractivity contribution < 1.29 is 19.5 Å². The highest BCUT2D eigenvalue weighted by Crippen LogP contribution is 2.22. The molecule has 0 spiro atoms. The lowest BCUT2D eigenvalue weighted by molar-refractivity contribution is 0.0748. The topological polar surface area (TPSA) is 98.8 Å². The van der Waals surface area contributed by atoms with E-state index in [0.29, 0.717) is 22.9 Å². The normalized spacial score (nSPS) is 17.2. The van der Waals surface area contributed by atoms with Crippen molar-refractivity contribution in [3.63, 3.8) is 0 Å². The molecule has 8 heteroatoms. The van der Waals surface area contributed by atoms with Gasteiger partial charge in [-0.3, -0.25) is 9.69 Å². The van der Waals surface area contributed by atoms with Gasteiger partial charge in [-0.15, -0.1) is 0 Å². The minimum Gasteiger partial charge on any atom is -0.393 e. The molecule has 1 aromatic carbocycles. The average molecular weight is 380 g/mol. The quantitative estimate of drug-likeness (QED) is 0.707. The van der Waals surface area contributed by atoms with Gasteiger partial charge in [0.2, 0.25) is 0 Å². The Kier molecular flexibility index (Phi) is 6.26. The number of rotatable bonds is 6. The molecule has 3 N–H and O–H groups in total. The highest BCUT2D eigenvalue weighted by atomic mass is 35.5. The van der Waals surface area contributed by atoms with E-state index in [4.69, 9.17) is 16.1 Å². The Bertz CT molecular complexity index is 744. The molecule has 1 fully saturated rings. The SMILES string of the molecule is O=C(NC[C@@H](O)c1ccccc1Cl)c1cc(CN2CCC(O)CC2)on1. The lowest BCUT2D eigenvalue weighted by Gasteiger charge is -2.28. The van der Waals surface area contributed by atoms with Gasteiger partial charge in [0.1, 0.15) is 0 Å². The summed E-state index contributed by atoms with van der Waals surface area (Å²) in [5, 5.41) is 26.6. The van der Waals surface area contributed by atoms with Gasteiger partial charge in [0.05, 0.1) is 18.8 Å². The van der Waals surface area contributed by atoms with Gasteiger partial charge in [-0.1, -0.05) is 35.0 Å². The lowest BCUT2D eigenvalue weighted by atomic mass is 10.1. The molecule has 7 nitrogen and oxygen atoms in total. The predicted octanol–water partition coefficient (Wildman–Crippen LogP) is 1.75. The summed E-state index contributed by atoms with van der Waals surface area (Å²) in [5.74, 6) is 0.179. The van der Waals surface area contributed by atoms with E-state index in [9.17, 15) is 15.0 Å². The Morgan fingerprint density at radius 2 is 2.12 bits per heavy atom. The van der Waals surface area contributed by atoms with E-state index < -0.39 is 12.0 Å². The van der Waals surface area contributed by atoms with E-state index in [1.165, 1.54) is 0 Å². The van der Waals surface area contributed by atoms with Crippen LogP contribution in [0, 0.1) is 0 Å². The minimum absolute atomic E-state index is 0.0226. The molecule has 140 valence electrons. The van der Waals surface area contributed by atoms with E-state index in [-0.39, 0.29) is 18.3 Å². The Balaban J connectivity index is 1.51. The summed E-state index contributed by atoms with van der Waals surface area (Å²) in [4.78, 5) is 14.3. The molecule has 0 radical (unpaired) electrons. The van der Waals surface area contributed by atoms with Crippen molar-refractivity contribution in [3.05, 3.63) is 52.4 Å². The van der Waals surface area contributed by atoms with E-state index in [1.807, 2.05) is 0 Å². The van der Waals surface area contributed by atoms with Crippen LogP contribution in [-0.2, 0) is 6.54 Å². The van der Waals surface area contributed by atoms with Crippen molar-refractivity contribution in [2.24, 2.45) is 0 Å². The van der Waals surface area contributed by atoms with Gasteiger partial charge in [-0.2, -0.15) is 0 Å². The van der Waals surface area contributed by atoms with Gasteiger partial charge in [-0.25, -0.2) is 0 Å². The van der Waals surface area contributed by atoms with E-state index >= 15 is 0 Å².